The van der Waals surface area contributed by atoms with Gasteiger partial charge in [0.1, 0.15) is 0 Å². The van der Waals surface area contributed by atoms with Crippen LogP contribution in [0.1, 0.15) is 19.3 Å². The molecule has 0 unspecified atom stereocenters. The Morgan fingerprint density at radius 3 is 2.38 bits per heavy atom. The van der Waals surface area contributed by atoms with E-state index < -0.39 is 14.6 Å². The SMILES string of the molecule is CS(=O)(=O)C1(CC#N)CCNCC1. The molecular formula is C8H14N2O2S. The lowest BCUT2D eigenvalue weighted by Gasteiger charge is -2.33. The van der Waals surface area contributed by atoms with Gasteiger partial charge in [0, 0.05) is 6.26 Å². The van der Waals surface area contributed by atoms with E-state index in [1.165, 1.54) is 6.26 Å². The van der Waals surface area contributed by atoms with Crippen molar-refractivity contribution in [2.24, 2.45) is 0 Å². The van der Waals surface area contributed by atoms with Crippen LogP contribution in [0.15, 0.2) is 0 Å². The predicted octanol–water partition coefficient (Wildman–Crippen LogP) is 0.0669. The van der Waals surface area contributed by atoms with Crippen molar-refractivity contribution in [1.82, 2.24) is 5.32 Å². The fourth-order valence-corrected chi connectivity index (χ4v) is 2.98. The van der Waals surface area contributed by atoms with Crippen LogP contribution in [0.4, 0.5) is 0 Å². The van der Waals surface area contributed by atoms with Crippen molar-refractivity contribution >= 4 is 9.84 Å². The molecule has 0 saturated carbocycles. The maximum Gasteiger partial charge on any atom is 0.154 e. The molecular weight excluding hydrogens is 188 g/mol. The van der Waals surface area contributed by atoms with Crippen molar-refractivity contribution in [3.63, 3.8) is 0 Å². The Morgan fingerprint density at radius 1 is 1.46 bits per heavy atom. The molecule has 0 radical (unpaired) electrons. The van der Waals surface area contributed by atoms with Crippen LogP contribution in [0.2, 0.25) is 0 Å². The summed E-state index contributed by atoms with van der Waals surface area (Å²) in [6, 6.07) is 1.98. The van der Waals surface area contributed by atoms with Gasteiger partial charge >= 0.3 is 0 Å². The predicted molar refractivity (Wildman–Crippen MR) is 49.9 cm³/mol. The highest BCUT2D eigenvalue weighted by molar-refractivity contribution is 7.92. The van der Waals surface area contributed by atoms with E-state index in [-0.39, 0.29) is 6.42 Å². The second-order valence-electron chi connectivity index (χ2n) is 3.54. The van der Waals surface area contributed by atoms with E-state index in [0.29, 0.717) is 25.9 Å². The molecule has 0 aliphatic carbocycles. The van der Waals surface area contributed by atoms with Gasteiger partial charge in [0.05, 0.1) is 17.2 Å². The smallest absolute Gasteiger partial charge is 0.154 e. The van der Waals surface area contributed by atoms with Crippen LogP contribution >= 0.6 is 0 Å². The second-order valence-corrected chi connectivity index (χ2v) is 5.95. The number of sulfone groups is 1. The average molecular weight is 202 g/mol. The number of rotatable bonds is 2. The normalized spacial score (nSPS) is 22.2. The molecule has 1 aliphatic heterocycles. The summed E-state index contributed by atoms with van der Waals surface area (Å²) in [7, 11) is -3.11. The summed E-state index contributed by atoms with van der Waals surface area (Å²) in [5.41, 5.74) is 0. The number of nitrogens with one attached hydrogen (secondary N) is 1. The van der Waals surface area contributed by atoms with Crippen LogP contribution in [-0.4, -0.2) is 32.5 Å². The summed E-state index contributed by atoms with van der Waals surface area (Å²) in [6.07, 6.45) is 2.46. The van der Waals surface area contributed by atoms with E-state index >= 15 is 0 Å². The van der Waals surface area contributed by atoms with Crippen molar-refractivity contribution in [1.29, 1.82) is 5.26 Å². The summed E-state index contributed by atoms with van der Waals surface area (Å²) in [6.45, 7) is 1.38. The monoisotopic (exact) mass is 202 g/mol. The van der Waals surface area contributed by atoms with Crippen molar-refractivity contribution in [2.45, 2.75) is 24.0 Å². The Hall–Kier alpha value is -0.600. The lowest BCUT2D eigenvalue weighted by molar-refractivity contribution is 0.392. The first-order valence-electron chi connectivity index (χ1n) is 4.29. The molecule has 1 aliphatic rings. The van der Waals surface area contributed by atoms with E-state index in [1.807, 2.05) is 6.07 Å². The summed E-state index contributed by atoms with van der Waals surface area (Å²) in [5.74, 6) is 0. The van der Waals surface area contributed by atoms with Gasteiger partial charge in [-0.15, -0.1) is 0 Å². The summed E-state index contributed by atoms with van der Waals surface area (Å²) in [5, 5.41) is 11.7. The number of nitrogens with zero attached hydrogens (tertiary/aromatic N) is 1. The molecule has 1 saturated heterocycles. The lowest BCUT2D eigenvalue weighted by atomic mass is 9.94. The van der Waals surface area contributed by atoms with Crippen LogP contribution in [0.5, 0.6) is 0 Å². The van der Waals surface area contributed by atoms with Gasteiger partial charge in [-0.2, -0.15) is 5.26 Å². The van der Waals surface area contributed by atoms with Gasteiger partial charge in [-0.25, -0.2) is 8.42 Å². The van der Waals surface area contributed by atoms with E-state index in [0.717, 1.165) is 0 Å². The van der Waals surface area contributed by atoms with Crippen LogP contribution in [0, 0.1) is 11.3 Å². The van der Waals surface area contributed by atoms with Gasteiger partial charge in [-0.1, -0.05) is 0 Å². The highest BCUT2D eigenvalue weighted by Gasteiger charge is 2.41. The Labute approximate surface area is 78.9 Å². The molecule has 1 fully saturated rings. The number of hydrogen-bond donors (Lipinski definition) is 1. The molecule has 1 heterocycles. The number of hydrogen-bond acceptors (Lipinski definition) is 4. The van der Waals surface area contributed by atoms with Crippen LogP contribution in [0.3, 0.4) is 0 Å². The van der Waals surface area contributed by atoms with Gasteiger partial charge < -0.3 is 5.32 Å². The molecule has 5 heteroatoms. The minimum atomic E-state index is -3.11. The minimum absolute atomic E-state index is 0.119. The van der Waals surface area contributed by atoms with Gasteiger partial charge in [0.15, 0.2) is 9.84 Å². The molecule has 0 spiro atoms. The summed E-state index contributed by atoms with van der Waals surface area (Å²) >= 11 is 0. The molecule has 74 valence electrons. The maximum absolute atomic E-state index is 11.5. The Morgan fingerprint density at radius 2 is 2.00 bits per heavy atom. The van der Waals surface area contributed by atoms with Crippen molar-refractivity contribution in [2.75, 3.05) is 19.3 Å². The van der Waals surface area contributed by atoms with Crippen molar-refractivity contribution in [3.05, 3.63) is 0 Å². The highest BCUT2D eigenvalue weighted by Crippen LogP contribution is 2.30. The zero-order valence-corrected chi connectivity index (χ0v) is 8.52. The summed E-state index contributed by atoms with van der Waals surface area (Å²) in [4.78, 5) is 0. The molecule has 0 aromatic carbocycles. The van der Waals surface area contributed by atoms with Gasteiger partial charge in [0.25, 0.3) is 0 Å². The first kappa shape index (κ1) is 10.5. The number of nitriles is 1. The average Bonchev–Trinajstić information content (AvgIpc) is 2.04. The molecule has 1 N–H and O–H groups in total. The first-order valence-corrected chi connectivity index (χ1v) is 6.18. The van der Waals surface area contributed by atoms with Crippen molar-refractivity contribution < 1.29 is 8.42 Å². The molecule has 0 amide bonds. The zero-order chi connectivity index (χ0) is 9.95. The summed E-state index contributed by atoms with van der Waals surface area (Å²) < 4.78 is 22.3. The molecule has 0 aromatic heterocycles. The highest BCUT2D eigenvalue weighted by atomic mass is 32.2. The Balaban J connectivity index is 2.94. The fraction of sp³-hybridized carbons (Fsp3) is 0.875. The Bertz CT molecular complexity index is 310. The Kier molecular flexibility index (Phi) is 2.94. The molecule has 13 heavy (non-hydrogen) atoms. The van der Waals surface area contributed by atoms with E-state index in [2.05, 4.69) is 5.32 Å². The minimum Gasteiger partial charge on any atom is -0.317 e. The van der Waals surface area contributed by atoms with Crippen LogP contribution in [0.25, 0.3) is 0 Å². The zero-order valence-electron chi connectivity index (χ0n) is 7.71. The van der Waals surface area contributed by atoms with Crippen LogP contribution < -0.4 is 5.32 Å². The largest absolute Gasteiger partial charge is 0.317 e. The second kappa shape index (κ2) is 3.64. The molecule has 0 atom stereocenters. The van der Waals surface area contributed by atoms with Gasteiger partial charge in [-0.3, -0.25) is 0 Å². The standard InChI is InChI=1S/C8H14N2O2S/c1-13(11,12)8(2-5-9)3-6-10-7-4-8/h10H,2-4,6-7H2,1H3. The third-order valence-corrected chi connectivity index (χ3v) is 4.83. The first-order chi connectivity index (χ1) is 6.02. The molecule has 4 nitrogen and oxygen atoms in total. The van der Waals surface area contributed by atoms with Crippen molar-refractivity contribution in [3.8, 4) is 6.07 Å². The van der Waals surface area contributed by atoms with Crippen LogP contribution in [-0.2, 0) is 9.84 Å². The quantitative estimate of drug-likeness (QED) is 0.687. The third-order valence-electron chi connectivity index (χ3n) is 2.70. The topological polar surface area (TPSA) is 70.0 Å². The van der Waals surface area contributed by atoms with E-state index in [9.17, 15) is 8.42 Å². The van der Waals surface area contributed by atoms with E-state index in [1.54, 1.807) is 0 Å². The lowest BCUT2D eigenvalue weighted by Crippen LogP contribution is -2.47. The van der Waals surface area contributed by atoms with Gasteiger partial charge in [-0.05, 0) is 25.9 Å². The maximum atomic E-state index is 11.5. The molecule has 0 aromatic rings. The number of piperidine rings is 1. The van der Waals surface area contributed by atoms with Gasteiger partial charge in [0.2, 0.25) is 0 Å². The molecule has 1 rings (SSSR count). The molecule has 0 bridgehead atoms. The fourth-order valence-electron chi connectivity index (χ4n) is 1.71. The third kappa shape index (κ3) is 2.01. The van der Waals surface area contributed by atoms with E-state index in [4.69, 9.17) is 5.26 Å².